The van der Waals surface area contributed by atoms with Crippen molar-refractivity contribution >= 4 is 21.9 Å². The molecule has 0 aliphatic heterocycles. The Morgan fingerprint density at radius 3 is 1.26 bits per heavy atom. The predicted molar refractivity (Wildman–Crippen MR) is 162 cm³/mol. The molecule has 0 bridgehead atoms. The number of hydrogen-bond acceptors (Lipinski definition) is 2. The highest BCUT2D eigenvalue weighted by atomic mass is 16.3. The molecular weight excluding hydrogens is 464 g/mol. The van der Waals surface area contributed by atoms with E-state index in [1.165, 1.54) is 73.6 Å². The molecule has 2 heterocycles. The van der Waals surface area contributed by atoms with Gasteiger partial charge in [0.25, 0.3) is 0 Å². The number of unbranched alkanes of at least 4 members (excludes halogenated alkanes) is 8. The van der Waals surface area contributed by atoms with E-state index in [1.54, 1.807) is 0 Å². The Bertz CT molecular complexity index is 1310. The van der Waals surface area contributed by atoms with Crippen molar-refractivity contribution in [2.45, 2.75) is 90.9 Å². The minimum absolute atomic E-state index is 0.965. The van der Waals surface area contributed by atoms with Gasteiger partial charge in [0.05, 0.1) is 0 Å². The molecule has 0 spiro atoms. The van der Waals surface area contributed by atoms with Crippen molar-refractivity contribution in [3.05, 3.63) is 84.3 Å². The first kappa shape index (κ1) is 26.4. The second-order valence-corrected chi connectivity index (χ2v) is 10.7. The van der Waals surface area contributed by atoms with E-state index in [0.29, 0.717) is 0 Å². The highest BCUT2D eigenvalue weighted by Gasteiger charge is 2.21. The number of hydrogen-bond donors (Lipinski definition) is 0. The Labute approximate surface area is 228 Å². The van der Waals surface area contributed by atoms with Crippen molar-refractivity contribution in [1.82, 2.24) is 0 Å². The second kappa shape index (κ2) is 13.0. The molecule has 5 aromatic rings. The van der Waals surface area contributed by atoms with Gasteiger partial charge in [-0.05, 0) is 36.1 Å². The van der Waals surface area contributed by atoms with Gasteiger partial charge in [-0.3, -0.25) is 0 Å². The summed E-state index contributed by atoms with van der Waals surface area (Å²) in [5.41, 5.74) is 6.84. The summed E-state index contributed by atoms with van der Waals surface area (Å²) >= 11 is 0. The van der Waals surface area contributed by atoms with E-state index in [4.69, 9.17) is 8.83 Å². The Kier molecular flexibility index (Phi) is 9.02. The topological polar surface area (TPSA) is 26.3 Å². The molecule has 0 radical (unpaired) electrons. The molecule has 3 aromatic carbocycles. The average Bonchev–Trinajstić information content (AvgIpc) is 3.49. The van der Waals surface area contributed by atoms with Crippen molar-refractivity contribution in [3.8, 4) is 22.3 Å². The molecule has 2 heteroatoms. The van der Waals surface area contributed by atoms with Crippen LogP contribution in [0.1, 0.15) is 89.6 Å². The van der Waals surface area contributed by atoms with Crippen LogP contribution >= 0.6 is 0 Å². The van der Waals surface area contributed by atoms with Gasteiger partial charge in [0.2, 0.25) is 0 Å². The van der Waals surface area contributed by atoms with Gasteiger partial charge in [0.15, 0.2) is 0 Å². The van der Waals surface area contributed by atoms with Crippen molar-refractivity contribution in [1.29, 1.82) is 0 Å². The summed E-state index contributed by atoms with van der Waals surface area (Å²) in [6.07, 6.45) is 14.5. The average molecular weight is 507 g/mol. The second-order valence-electron chi connectivity index (χ2n) is 10.7. The molecule has 2 nitrogen and oxygen atoms in total. The fourth-order valence-corrected chi connectivity index (χ4v) is 5.76. The molecule has 0 aliphatic carbocycles. The molecule has 2 aromatic heterocycles. The first-order valence-corrected chi connectivity index (χ1v) is 14.9. The van der Waals surface area contributed by atoms with Gasteiger partial charge in [-0.1, -0.05) is 126 Å². The van der Waals surface area contributed by atoms with E-state index in [9.17, 15) is 0 Å². The molecule has 198 valence electrons. The van der Waals surface area contributed by atoms with Crippen LogP contribution in [-0.4, -0.2) is 0 Å². The molecule has 38 heavy (non-hydrogen) atoms. The molecular formula is C36H42O2. The normalized spacial score (nSPS) is 11.6. The van der Waals surface area contributed by atoms with Gasteiger partial charge in [-0.15, -0.1) is 0 Å². The molecule has 0 fully saturated rings. The largest absolute Gasteiger partial charge is 0.460 e. The Balaban J connectivity index is 1.57. The molecule has 0 amide bonds. The van der Waals surface area contributed by atoms with Crippen molar-refractivity contribution in [2.75, 3.05) is 0 Å². The third kappa shape index (κ3) is 5.90. The Hall–Kier alpha value is -3.26. The first-order chi connectivity index (χ1) is 18.8. The van der Waals surface area contributed by atoms with Crippen molar-refractivity contribution in [2.24, 2.45) is 0 Å². The standard InChI is InChI=1S/C36H42O2/c1-3-5-7-9-17-23-31-35(27-19-13-11-14-20-27)29-25-34-30(26-33(29)37-31)36(28-21-15-12-16-22-28)32(38-34)24-18-10-8-6-4-2/h11-16,19-22,25-26H,3-10,17-18,23-24H2,1-2H3. The van der Waals surface area contributed by atoms with E-state index in [0.717, 1.165) is 59.1 Å². The zero-order chi connectivity index (χ0) is 26.2. The highest BCUT2D eigenvalue weighted by Crippen LogP contribution is 2.42. The number of rotatable bonds is 14. The van der Waals surface area contributed by atoms with Crippen LogP contribution in [0, 0.1) is 0 Å². The summed E-state index contributed by atoms with van der Waals surface area (Å²) in [5, 5.41) is 2.32. The quantitative estimate of drug-likeness (QED) is 0.140. The first-order valence-electron chi connectivity index (χ1n) is 14.9. The van der Waals surface area contributed by atoms with Gasteiger partial charge in [-0.25, -0.2) is 0 Å². The van der Waals surface area contributed by atoms with Gasteiger partial charge in [-0.2, -0.15) is 0 Å². The number of furan rings is 2. The summed E-state index contributed by atoms with van der Waals surface area (Å²) in [7, 11) is 0. The van der Waals surface area contributed by atoms with Gasteiger partial charge >= 0.3 is 0 Å². The van der Waals surface area contributed by atoms with E-state index in [-0.39, 0.29) is 0 Å². The minimum Gasteiger partial charge on any atom is -0.460 e. The molecule has 0 unspecified atom stereocenters. The molecule has 0 atom stereocenters. The van der Waals surface area contributed by atoms with E-state index in [2.05, 4.69) is 86.6 Å². The number of benzene rings is 3. The smallest absolute Gasteiger partial charge is 0.135 e. The van der Waals surface area contributed by atoms with E-state index >= 15 is 0 Å². The van der Waals surface area contributed by atoms with Crippen LogP contribution < -0.4 is 0 Å². The third-order valence-electron chi connectivity index (χ3n) is 7.78. The molecule has 5 rings (SSSR count). The fraction of sp³-hybridized carbons (Fsp3) is 0.389. The van der Waals surface area contributed by atoms with Gasteiger partial charge in [0, 0.05) is 34.7 Å². The predicted octanol–water partition coefficient (Wildman–Crippen LogP) is 11.5. The zero-order valence-corrected chi connectivity index (χ0v) is 23.2. The van der Waals surface area contributed by atoms with Crippen LogP contribution in [0.15, 0.2) is 81.6 Å². The lowest BCUT2D eigenvalue weighted by molar-refractivity contribution is 0.524. The zero-order valence-electron chi connectivity index (χ0n) is 23.2. The summed E-state index contributed by atoms with van der Waals surface area (Å²) < 4.78 is 13.3. The van der Waals surface area contributed by atoms with Crippen LogP contribution in [0.25, 0.3) is 44.2 Å². The third-order valence-corrected chi connectivity index (χ3v) is 7.78. The summed E-state index contributed by atoms with van der Waals surface area (Å²) in [6.45, 7) is 4.54. The lowest BCUT2D eigenvalue weighted by Crippen LogP contribution is -1.87. The maximum absolute atomic E-state index is 6.65. The van der Waals surface area contributed by atoms with Crippen LogP contribution in [-0.2, 0) is 12.8 Å². The Morgan fingerprint density at radius 1 is 0.474 bits per heavy atom. The van der Waals surface area contributed by atoms with Crippen LogP contribution in [0.4, 0.5) is 0 Å². The lowest BCUT2D eigenvalue weighted by atomic mass is 9.96. The summed E-state index contributed by atoms with van der Waals surface area (Å²) in [6, 6.07) is 25.9. The SMILES string of the molecule is CCCCCCCc1oc2cc3c(-c4ccccc4)c(CCCCCCC)oc3cc2c1-c1ccccc1. The van der Waals surface area contributed by atoms with Gasteiger partial charge < -0.3 is 8.83 Å². The maximum Gasteiger partial charge on any atom is 0.135 e. The molecule has 0 saturated carbocycles. The van der Waals surface area contributed by atoms with Gasteiger partial charge in [0.1, 0.15) is 22.7 Å². The molecule has 0 N–H and O–H groups in total. The van der Waals surface area contributed by atoms with Crippen molar-refractivity contribution in [3.63, 3.8) is 0 Å². The maximum atomic E-state index is 6.65. The summed E-state index contributed by atoms with van der Waals surface area (Å²) in [4.78, 5) is 0. The highest BCUT2D eigenvalue weighted by molar-refractivity contribution is 6.07. The fourth-order valence-electron chi connectivity index (χ4n) is 5.76. The molecule has 0 saturated heterocycles. The molecule has 0 aliphatic rings. The van der Waals surface area contributed by atoms with Crippen LogP contribution in [0.3, 0.4) is 0 Å². The van der Waals surface area contributed by atoms with Crippen LogP contribution in [0.5, 0.6) is 0 Å². The monoisotopic (exact) mass is 506 g/mol. The van der Waals surface area contributed by atoms with Crippen molar-refractivity contribution < 1.29 is 8.83 Å². The summed E-state index contributed by atoms with van der Waals surface area (Å²) in [5.74, 6) is 2.21. The van der Waals surface area contributed by atoms with E-state index < -0.39 is 0 Å². The van der Waals surface area contributed by atoms with Crippen LogP contribution in [0.2, 0.25) is 0 Å². The Morgan fingerprint density at radius 2 is 0.868 bits per heavy atom. The lowest BCUT2D eigenvalue weighted by Gasteiger charge is -2.04. The number of aryl methyl sites for hydroxylation is 2. The van der Waals surface area contributed by atoms with E-state index in [1.807, 2.05) is 0 Å². The minimum atomic E-state index is 0.965. The number of fused-ring (bicyclic) bond motifs is 2.